The van der Waals surface area contributed by atoms with Crippen LogP contribution in [0.25, 0.3) is 21.8 Å². The fourth-order valence-electron chi connectivity index (χ4n) is 2.64. The van der Waals surface area contributed by atoms with Gasteiger partial charge < -0.3 is 5.32 Å². The molecule has 3 aromatic heterocycles. The number of amides is 1. The number of rotatable bonds is 5. The predicted octanol–water partition coefficient (Wildman–Crippen LogP) is 4.43. The van der Waals surface area contributed by atoms with E-state index < -0.39 is 0 Å². The van der Waals surface area contributed by atoms with Crippen molar-refractivity contribution >= 4 is 45.3 Å². The van der Waals surface area contributed by atoms with E-state index in [9.17, 15) is 4.79 Å². The number of carbonyl (C=O) groups is 1. The van der Waals surface area contributed by atoms with Crippen LogP contribution in [-0.2, 0) is 11.3 Å². The number of nitrogens with one attached hydrogen (secondary N) is 1. The maximum absolute atomic E-state index is 12.3. The van der Waals surface area contributed by atoms with Crippen LogP contribution < -0.4 is 5.32 Å². The Morgan fingerprint density at radius 3 is 2.68 bits per heavy atom. The monoisotopic (exact) mass is 430 g/mol. The highest BCUT2D eigenvalue weighted by atomic mass is 35.5. The minimum absolute atomic E-state index is 0.0498. The van der Waals surface area contributed by atoms with Crippen LogP contribution >= 0.6 is 34.3 Å². The van der Waals surface area contributed by atoms with Gasteiger partial charge in [-0.1, -0.05) is 28.9 Å². The molecule has 28 heavy (non-hydrogen) atoms. The van der Waals surface area contributed by atoms with E-state index in [-0.39, 0.29) is 12.5 Å². The lowest BCUT2D eigenvalue weighted by molar-refractivity contribution is -0.116. The average Bonchev–Trinajstić information content (AvgIpc) is 3.36. The summed E-state index contributed by atoms with van der Waals surface area (Å²) in [5.41, 5.74) is 3.34. The van der Waals surface area contributed by atoms with Crippen LogP contribution in [0.15, 0.2) is 35.8 Å². The Morgan fingerprint density at radius 2 is 1.96 bits per heavy atom. The molecule has 1 aromatic carbocycles. The van der Waals surface area contributed by atoms with E-state index in [0.29, 0.717) is 15.8 Å². The number of hydrogen-bond donors (Lipinski definition) is 1. The van der Waals surface area contributed by atoms with E-state index in [4.69, 9.17) is 11.6 Å². The smallest absolute Gasteiger partial charge is 0.247 e. The number of benzene rings is 1. The van der Waals surface area contributed by atoms with Crippen molar-refractivity contribution in [1.29, 1.82) is 0 Å². The Hall–Kier alpha value is -2.62. The van der Waals surface area contributed by atoms with Gasteiger partial charge in [0.05, 0.1) is 27.5 Å². The van der Waals surface area contributed by atoms with Crippen molar-refractivity contribution in [2.24, 2.45) is 0 Å². The summed E-state index contributed by atoms with van der Waals surface area (Å²) in [5, 5.41) is 15.0. The zero-order chi connectivity index (χ0) is 19.7. The number of aryl methyl sites for hydroxylation is 2. The van der Waals surface area contributed by atoms with Gasteiger partial charge in [-0.2, -0.15) is 0 Å². The van der Waals surface area contributed by atoms with Gasteiger partial charge >= 0.3 is 0 Å². The van der Waals surface area contributed by atoms with Crippen LogP contribution in [0, 0.1) is 13.8 Å². The lowest BCUT2D eigenvalue weighted by Crippen LogP contribution is -2.19. The Kier molecular flexibility index (Phi) is 5.21. The van der Waals surface area contributed by atoms with Crippen molar-refractivity contribution in [3.05, 3.63) is 51.6 Å². The van der Waals surface area contributed by atoms with E-state index in [1.54, 1.807) is 29.7 Å². The van der Waals surface area contributed by atoms with Crippen LogP contribution in [0.5, 0.6) is 0 Å². The standard InChI is InChI=1S/C18H15ClN6OS2/c1-10-17(28-11(2)20-10)15-9-27-18(21-15)22-16(26)8-25-7-14(23-24-25)12-3-5-13(19)6-4-12/h3-7,9H,8H2,1-2H3,(H,21,22,26). The number of aromatic nitrogens is 5. The third-order valence-corrected chi connectivity index (χ3v) is 5.98. The number of carbonyl (C=O) groups excluding carboxylic acids is 1. The molecule has 0 aliphatic carbocycles. The molecule has 142 valence electrons. The van der Waals surface area contributed by atoms with E-state index in [2.05, 4.69) is 25.6 Å². The molecule has 1 amide bonds. The molecule has 3 heterocycles. The molecule has 0 aliphatic rings. The summed E-state index contributed by atoms with van der Waals surface area (Å²) >= 11 is 8.88. The molecule has 0 saturated carbocycles. The highest BCUT2D eigenvalue weighted by Crippen LogP contribution is 2.32. The summed E-state index contributed by atoms with van der Waals surface area (Å²) in [4.78, 5) is 22.3. The van der Waals surface area contributed by atoms with Gasteiger partial charge in [-0.05, 0) is 26.0 Å². The summed E-state index contributed by atoms with van der Waals surface area (Å²) < 4.78 is 1.49. The minimum atomic E-state index is -0.217. The molecule has 0 fully saturated rings. The first-order valence-electron chi connectivity index (χ1n) is 8.34. The van der Waals surface area contributed by atoms with Gasteiger partial charge in [-0.15, -0.1) is 27.8 Å². The zero-order valence-electron chi connectivity index (χ0n) is 15.0. The Labute approximate surface area is 174 Å². The van der Waals surface area contributed by atoms with Gasteiger partial charge in [0, 0.05) is 16.0 Å². The first-order valence-corrected chi connectivity index (χ1v) is 10.4. The molecular formula is C18H15ClN6OS2. The van der Waals surface area contributed by atoms with E-state index in [0.717, 1.165) is 26.8 Å². The highest BCUT2D eigenvalue weighted by Gasteiger charge is 2.14. The fraction of sp³-hybridized carbons (Fsp3) is 0.167. The van der Waals surface area contributed by atoms with Crippen LogP contribution in [0.3, 0.4) is 0 Å². The third kappa shape index (κ3) is 4.11. The van der Waals surface area contributed by atoms with Gasteiger partial charge in [0.2, 0.25) is 5.91 Å². The topological polar surface area (TPSA) is 85.6 Å². The molecule has 4 aromatic rings. The SMILES string of the molecule is Cc1nc(C)c(-c2csc(NC(=O)Cn3cc(-c4ccc(Cl)cc4)nn3)n2)s1. The maximum Gasteiger partial charge on any atom is 0.247 e. The number of anilines is 1. The molecule has 0 saturated heterocycles. The molecule has 0 atom stereocenters. The number of nitrogens with zero attached hydrogens (tertiary/aromatic N) is 5. The minimum Gasteiger partial charge on any atom is -0.300 e. The number of thiazole rings is 2. The fourth-order valence-corrected chi connectivity index (χ4v) is 4.44. The largest absolute Gasteiger partial charge is 0.300 e. The summed E-state index contributed by atoms with van der Waals surface area (Å²) in [6.45, 7) is 3.97. The number of halogens is 1. The van der Waals surface area contributed by atoms with Crippen molar-refractivity contribution in [3.63, 3.8) is 0 Å². The molecule has 1 N–H and O–H groups in total. The average molecular weight is 431 g/mol. The molecule has 10 heteroatoms. The van der Waals surface area contributed by atoms with Crippen LogP contribution in [-0.4, -0.2) is 30.9 Å². The van der Waals surface area contributed by atoms with Crippen LogP contribution in [0.4, 0.5) is 5.13 Å². The van der Waals surface area contributed by atoms with Crippen molar-refractivity contribution in [3.8, 4) is 21.8 Å². The van der Waals surface area contributed by atoms with Gasteiger partial charge in [-0.3, -0.25) is 4.79 Å². The second-order valence-corrected chi connectivity index (χ2v) is 8.54. The second kappa shape index (κ2) is 7.78. The van der Waals surface area contributed by atoms with E-state index in [1.807, 2.05) is 31.4 Å². The summed E-state index contributed by atoms with van der Waals surface area (Å²) in [5.74, 6) is -0.217. The molecule has 0 radical (unpaired) electrons. The van der Waals surface area contributed by atoms with Crippen LogP contribution in [0.1, 0.15) is 10.7 Å². The van der Waals surface area contributed by atoms with Gasteiger partial charge in [0.15, 0.2) is 5.13 Å². The van der Waals surface area contributed by atoms with E-state index in [1.165, 1.54) is 16.0 Å². The highest BCUT2D eigenvalue weighted by molar-refractivity contribution is 7.16. The Balaban J connectivity index is 1.41. The lowest BCUT2D eigenvalue weighted by Gasteiger charge is -2.01. The van der Waals surface area contributed by atoms with Gasteiger partial charge in [0.25, 0.3) is 0 Å². The maximum atomic E-state index is 12.3. The second-order valence-electron chi connectivity index (χ2n) is 6.04. The molecular weight excluding hydrogens is 416 g/mol. The molecule has 7 nitrogen and oxygen atoms in total. The van der Waals surface area contributed by atoms with E-state index >= 15 is 0 Å². The molecule has 0 aliphatic heterocycles. The van der Waals surface area contributed by atoms with Crippen molar-refractivity contribution < 1.29 is 4.79 Å². The summed E-state index contributed by atoms with van der Waals surface area (Å²) in [6.07, 6.45) is 1.72. The summed E-state index contributed by atoms with van der Waals surface area (Å²) in [7, 11) is 0. The quantitative estimate of drug-likeness (QED) is 0.506. The van der Waals surface area contributed by atoms with Crippen molar-refractivity contribution in [2.75, 3.05) is 5.32 Å². The Morgan fingerprint density at radius 1 is 1.18 bits per heavy atom. The third-order valence-electron chi connectivity index (χ3n) is 3.87. The number of hydrogen-bond acceptors (Lipinski definition) is 7. The van der Waals surface area contributed by atoms with Gasteiger partial charge in [0.1, 0.15) is 12.2 Å². The predicted molar refractivity (Wildman–Crippen MR) is 112 cm³/mol. The molecule has 0 spiro atoms. The Bertz CT molecular complexity index is 1130. The first kappa shape index (κ1) is 18.7. The molecule has 0 unspecified atom stereocenters. The molecule has 0 bridgehead atoms. The first-order chi connectivity index (χ1) is 13.5. The van der Waals surface area contributed by atoms with Gasteiger partial charge in [-0.25, -0.2) is 14.6 Å². The zero-order valence-corrected chi connectivity index (χ0v) is 17.4. The lowest BCUT2D eigenvalue weighted by atomic mass is 10.2. The normalized spacial score (nSPS) is 11.0. The summed E-state index contributed by atoms with van der Waals surface area (Å²) in [6, 6.07) is 7.29. The van der Waals surface area contributed by atoms with Crippen molar-refractivity contribution in [2.45, 2.75) is 20.4 Å². The van der Waals surface area contributed by atoms with Crippen molar-refractivity contribution in [1.82, 2.24) is 25.0 Å². The van der Waals surface area contributed by atoms with Crippen LogP contribution in [0.2, 0.25) is 5.02 Å². The molecule has 4 rings (SSSR count).